The Bertz CT molecular complexity index is 475. The maximum atomic E-state index is 12.1. The number of anilines is 1. The van der Waals surface area contributed by atoms with E-state index < -0.39 is 5.54 Å². The monoisotopic (exact) mass is 250 g/mol. The Morgan fingerprint density at radius 2 is 2.33 bits per heavy atom. The molecule has 1 aromatic rings. The second-order valence-electron chi connectivity index (χ2n) is 4.88. The molecule has 1 fully saturated rings. The maximum Gasteiger partial charge on any atom is 0.255 e. The van der Waals surface area contributed by atoms with Crippen LogP contribution in [-0.4, -0.2) is 29.3 Å². The third-order valence-electron chi connectivity index (χ3n) is 3.60. The summed E-state index contributed by atoms with van der Waals surface area (Å²) in [5, 5.41) is 12.7. The summed E-state index contributed by atoms with van der Waals surface area (Å²) in [6.07, 6.45) is 0.702. The predicted octanol–water partition coefficient (Wildman–Crippen LogP) is 1.27. The molecule has 1 heterocycles. The van der Waals surface area contributed by atoms with Crippen LogP contribution in [0.15, 0.2) is 18.2 Å². The van der Waals surface area contributed by atoms with E-state index in [9.17, 15) is 9.90 Å². The molecule has 1 saturated heterocycles. The van der Waals surface area contributed by atoms with Crippen molar-refractivity contribution in [2.24, 2.45) is 0 Å². The van der Waals surface area contributed by atoms with Gasteiger partial charge in [-0.05, 0) is 32.4 Å². The van der Waals surface area contributed by atoms with E-state index in [1.807, 2.05) is 13.8 Å². The van der Waals surface area contributed by atoms with Gasteiger partial charge in [-0.1, -0.05) is 6.07 Å². The minimum absolute atomic E-state index is 0.0512. The van der Waals surface area contributed by atoms with E-state index in [1.165, 1.54) is 0 Å². The molecule has 0 aliphatic carbocycles. The van der Waals surface area contributed by atoms with Crippen LogP contribution in [0.5, 0.6) is 5.75 Å². The minimum atomic E-state index is -0.409. The summed E-state index contributed by atoms with van der Waals surface area (Å²) < 4.78 is 5.46. The molecular weight excluding hydrogens is 232 g/mol. The molecule has 98 valence electrons. The number of phenolic OH excluding ortho intramolecular Hbond substituents is 1. The second kappa shape index (κ2) is 4.49. The van der Waals surface area contributed by atoms with Gasteiger partial charge in [0.25, 0.3) is 5.91 Å². The molecule has 2 rings (SSSR count). The summed E-state index contributed by atoms with van der Waals surface area (Å²) in [5.74, 6) is -0.509. The molecular formula is C13H18N2O3. The van der Waals surface area contributed by atoms with E-state index in [2.05, 4.69) is 5.32 Å². The molecule has 2 atom stereocenters. The number of nitrogen functional groups attached to an aromatic ring is 1. The van der Waals surface area contributed by atoms with E-state index in [-0.39, 0.29) is 29.0 Å². The molecule has 1 amide bonds. The Balaban J connectivity index is 2.20. The largest absolute Gasteiger partial charge is 0.505 e. The Morgan fingerprint density at radius 1 is 1.61 bits per heavy atom. The van der Waals surface area contributed by atoms with Crippen LogP contribution in [0.1, 0.15) is 30.6 Å². The van der Waals surface area contributed by atoms with Crippen molar-refractivity contribution < 1.29 is 14.6 Å². The lowest BCUT2D eigenvalue weighted by Gasteiger charge is -2.29. The minimum Gasteiger partial charge on any atom is -0.505 e. The third-order valence-corrected chi connectivity index (χ3v) is 3.60. The van der Waals surface area contributed by atoms with Gasteiger partial charge in [0.1, 0.15) is 0 Å². The van der Waals surface area contributed by atoms with Gasteiger partial charge in [-0.25, -0.2) is 0 Å². The number of nitrogens with one attached hydrogen (secondary N) is 1. The van der Waals surface area contributed by atoms with Crippen LogP contribution < -0.4 is 11.1 Å². The Morgan fingerprint density at radius 3 is 2.94 bits per heavy atom. The fourth-order valence-electron chi connectivity index (χ4n) is 2.07. The van der Waals surface area contributed by atoms with Crippen molar-refractivity contribution in [1.82, 2.24) is 5.32 Å². The van der Waals surface area contributed by atoms with Crippen molar-refractivity contribution in [2.75, 3.05) is 12.3 Å². The summed E-state index contributed by atoms with van der Waals surface area (Å²) in [5.41, 5.74) is 5.55. The van der Waals surface area contributed by atoms with Crippen molar-refractivity contribution in [1.29, 1.82) is 0 Å². The molecule has 0 aromatic heterocycles. The third kappa shape index (κ3) is 2.13. The van der Waals surface area contributed by atoms with Gasteiger partial charge >= 0.3 is 0 Å². The number of carbonyl (C=O) groups is 1. The smallest absolute Gasteiger partial charge is 0.255 e. The van der Waals surface area contributed by atoms with Crippen molar-refractivity contribution in [3.05, 3.63) is 23.8 Å². The number of para-hydroxylation sites is 1. The van der Waals surface area contributed by atoms with Gasteiger partial charge in [-0.2, -0.15) is 0 Å². The average molecular weight is 250 g/mol. The standard InChI is InChI=1S/C13H18N2O3/c1-8-13(2,6-7-18-8)15-12(17)9-4-3-5-10(14)11(9)16/h3-5,8,16H,6-7,14H2,1-2H3,(H,15,17). The van der Waals surface area contributed by atoms with Gasteiger partial charge in [-0.15, -0.1) is 0 Å². The van der Waals surface area contributed by atoms with E-state index in [1.54, 1.807) is 18.2 Å². The normalized spacial score (nSPS) is 27.1. The molecule has 0 spiro atoms. The Kier molecular flexibility index (Phi) is 3.17. The Labute approximate surface area is 106 Å². The first kappa shape index (κ1) is 12.7. The molecule has 2 unspecified atom stereocenters. The first-order valence-electron chi connectivity index (χ1n) is 5.95. The summed E-state index contributed by atoms with van der Waals surface area (Å²) >= 11 is 0. The summed E-state index contributed by atoms with van der Waals surface area (Å²) in [4.78, 5) is 12.1. The highest BCUT2D eigenvalue weighted by molar-refractivity contribution is 5.98. The van der Waals surface area contributed by atoms with Crippen LogP contribution >= 0.6 is 0 Å². The van der Waals surface area contributed by atoms with Gasteiger partial charge in [0, 0.05) is 6.61 Å². The van der Waals surface area contributed by atoms with E-state index in [0.717, 1.165) is 6.42 Å². The van der Waals surface area contributed by atoms with Gasteiger partial charge < -0.3 is 20.9 Å². The summed E-state index contributed by atoms with van der Waals surface area (Å²) in [7, 11) is 0. The fourth-order valence-corrected chi connectivity index (χ4v) is 2.07. The van der Waals surface area contributed by atoms with Crippen LogP contribution in [0, 0.1) is 0 Å². The highest BCUT2D eigenvalue weighted by Crippen LogP contribution is 2.28. The number of benzene rings is 1. The van der Waals surface area contributed by atoms with Gasteiger partial charge in [0.15, 0.2) is 5.75 Å². The van der Waals surface area contributed by atoms with E-state index in [0.29, 0.717) is 6.61 Å². The van der Waals surface area contributed by atoms with Crippen LogP contribution in [0.3, 0.4) is 0 Å². The number of hydrogen-bond acceptors (Lipinski definition) is 4. The molecule has 1 aliphatic heterocycles. The molecule has 5 heteroatoms. The molecule has 1 aromatic carbocycles. The topological polar surface area (TPSA) is 84.6 Å². The lowest BCUT2D eigenvalue weighted by molar-refractivity contribution is 0.0725. The fraction of sp³-hybridized carbons (Fsp3) is 0.462. The number of phenols is 1. The van der Waals surface area contributed by atoms with Crippen LogP contribution in [0.25, 0.3) is 0 Å². The number of aromatic hydroxyl groups is 1. The van der Waals surface area contributed by atoms with Gasteiger partial charge in [-0.3, -0.25) is 4.79 Å². The molecule has 0 radical (unpaired) electrons. The van der Waals surface area contributed by atoms with Crippen LogP contribution in [0.4, 0.5) is 5.69 Å². The lowest BCUT2D eigenvalue weighted by Crippen LogP contribution is -2.50. The number of ether oxygens (including phenoxy) is 1. The highest BCUT2D eigenvalue weighted by atomic mass is 16.5. The molecule has 4 N–H and O–H groups in total. The van der Waals surface area contributed by atoms with Crippen molar-refractivity contribution in [2.45, 2.75) is 31.9 Å². The SMILES string of the molecule is CC1OCCC1(C)NC(=O)c1cccc(N)c1O. The number of carbonyl (C=O) groups excluding carboxylic acids is 1. The first-order chi connectivity index (χ1) is 8.44. The quantitative estimate of drug-likeness (QED) is 0.545. The molecule has 18 heavy (non-hydrogen) atoms. The number of nitrogens with two attached hydrogens (primary N) is 1. The van der Waals surface area contributed by atoms with Crippen molar-refractivity contribution >= 4 is 11.6 Å². The van der Waals surface area contributed by atoms with Crippen LogP contribution in [0.2, 0.25) is 0 Å². The molecule has 1 aliphatic rings. The van der Waals surface area contributed by atoms with Gasteiger partial charge in [0.2, 0.25) is 0 Å². The zero-order valence-electron chi connectivity index (χ0n) is 10.6. The zero-order valence-corrected chi connectivity index (χ0v) is 10.6. The highest BCUT2D eigenvalue weighted by Gasteiger charge is 2.38. The lowest BCUT2D eigenvalue weighted by atomic mass is 9.94. The average Bonchev–Trinajstić information content (AvgIpc) is 2.62. The second-order valence-corrected chi connectivity index (χ2v) is 4.88. The van der Waals surface area contributed by atoms with Crippen molar-refractivity contribution in [3.8, 4) is 5.75 Å². The van der Waals surface area contributed by atoms with E-state index >= 15 is 0 Å². The predicted molar refractivity (Wildman–Crippen MR) is 68.4 cm³/mol. The summed E-state index contributed by atoms with van der Waals surface area (Å²) in [6, 6.07) is 4.74. The first-order valence-corrected chi connectivity index (χ1v) is 5.95. The van der Waals surface area contributed by atoms with Gasteiger partial charge in [0.05, 0.1) is 22.9 Å². The molecule has 0 bridgehead atoms. The Hall–Kier alpha value is -1.75. The van der Waals surface area contributed by atoms with Crippen molar-refractivity contribution in [3.63, 3.8) is 0 Å². The van der Waals surface area contributed by atoms with Crippen LogP contribution in [-0.2, 0) is 4.74 Å². The van der Waals surface area contributed by atoms with E-state index in [4.69, 9.17) is 10.5 Å². The summed E-state index contributed by atoms with van der Waals surface area (Å²) in [6.45, 7) is 4.49. The molecule has 0 saturated carbocycles. The number of amides is 1. The molecule has 5 nitrogen and oxygen atoms in total. The number of hydrogen-bond donors (Lipinski definition) is 3. The zero-order chi connectivity index (χ0) is 13.3. The number of rotatable bonds is 2. The maximum absolute atomic E-state index is 12.1.